The van der Waals surface area contributed by atoms with Gasteiger partial charge in [0.05, 0.1) is 5.69 Å². The highest BCUT2D eigenvalue weighted by Gasteiger charge is 2.19. The number of rotatable bonds is 3. The molecule has 3 aromatic rings. The number of carbonyl (C=O) groups excluding carboxylic acids is 1. The summed E-state index contributed by atoms with van der Waals surface area (Å²) in [5, 5.41) is 6.69. The highest BCUT2D eigenvalue weighted by Crippen LogP contribution is 2.22. The number of aromatic nitrogens is 2. The molecule has 4 rings (SSSR count). The second-order valence-electron chi connectivity index (χ2n) is 6.36. The van der Waals surface area contributed by atoms with Gasteiger partial charge in [-0.05, 0) is 35.7 Å². The first kappa shape index (κ1) is 15.6. The van der Waals surface area contributed by atoms with Gasteiger partial charge in [-0.25, -0.2) is 4.68 Å². The molecule has 0 bridgehead atoms. The average molecular weight is 333 g/mol. The van der Waals surface area contributed by atoms with Crippen molar-refractivity contribution in [1.29, 1.82) is 0 Å². The van der Waals surface area contributed by atoms with Gasteiger partial charge in [0.15, 0.2) is 0 Å². The van der Waals surface area contributed by atoms with Crippen LogP contribution >= 0.6 is 0 Å². The van der Waals surface area contributed by atoms with E-state index in [1.807, 2.05) is 30.3 Å². The van der Waals surface area contributed by atoms with Crippen LogP contribution in [0.15, 0.2) is 59.4 Å². The van der Waals surface area contributed by atoms with E-state index in [2.05, 4.69) is 17.2 Å². The SMILES string of the molecule is O=C(Cn1nc(-c2ccc3ccccc3c2)ccc1=O)N1CCCC1. The Bertz CT molecular complexity index is 987. The molecule has 1 saturated heterocycles. The number of likely N-dealkylation sites (tertiary alicyclic amines) is 1. The van der Waals surface area contributed by atoms with E-state index in [4.69, 9.17) is 0 Å². The van der Waals surface area contributed by atoms with Gasteiger partial charge in [0.1, 0.15) is 6.54 Å². The molecule has 1 aliphatic rings. The third kappa shape index (κ3) is 3.18. The van der Waals surface area contributed by atoms with Crippen LogP contribution < -0.4 is 5.56 Å². The van der Waals surface area contributed by atoms with E-state index in [-0.39, 0.29) is 18.0 Å². The Kier molecular flexibility index (Phi) is 4.06. The highest BCUT2D eigenvalue weighted by atomic mass is 16.2. The second-order valence-corrected chi connectivity index (χ2v) is 6.36. The fourth-order valence-electron chi connectivity index (χ4n) is 3.26. The predicted octanol–water partition coefficient (Wildman–Crippen LogP) is 2.69. The number of amides is 1. The summed E-state index contributed by atoms with van der Waals surface area (Å²) in [5.74, 6) is -0.0391. The van der Waals surface area contributed by atoms with E-state index in [1.165, 1.54) is 10.7 Å². The highest BCUT2D eigenvalue weighted by molar-refractivity contribution is 5.86. The van der Waals surface area contributed by atoms with Gasteiger partial charge in [-0.15, -0.1) is 0 Å². The molecular formula is C20H19N3O2. The molecule has 0 radical (unpaired) electrons. The van der Waals surface area contributed by atoms with E-state index in [9.17, 15) is 9.59 Å². The van der Waals surface area contributed by atoms with Crippen molar-refractivity contribution in [1.82, 2.24) is 14.7 Å². The lowest BCUT2D eigenvalue weighted by molar-refractivity contribution is -0.131. The molecule has 5 nitrogen and oxygen atoms in total. The lowest BCUT2D eigenvalue weighted by Gasteiger charge is -2.15. The molecule has 0 atom stereocenters. The molecule has 1 aromatic heterocycles. The van der Waals surface area contributed by atoms with Crippen molar-refractivity contribution in [3.05, 3.63) is 65.0 Å². The van der Waals surface area contributed by atoms with Crippen LogP contribution in [0.2, 0.25) is 0 Å². The van der Waals surface area contributed by atoms with Crippen LogP contribution in [0.3, 0.4) is 0 Å². The number of carbonyl (C=O) groups is 1. The van der Waals surface area contributed by atoms with Crippen LogP contribution in [0.25, 0.3) is 22.0 Å². The summed E-state index contributed by atoms with van der Waals surface area (Å²) < 4.78 is 1.27. The molecule has 1 amide bonds. The van der Waals surface area contributed by atoms with Gasteiger partial charge in [0, 0.05) is 24.7 Å². The molecule has 25 heavy (non-hydrogen) atoms. The Labute approximate surface area is 145 Å². The maximum Gasteiger partial charge on any atom is 0.267 e. The lowest BCUT2D eigenvalue weighted by Crippen LogP contribution is -2.35. The summed E-state index contributed by atoms with van der Waals surface area (Å²) in [5.41, 5.74) is 1.37. The summed E-state index contributed by atoms with van der Waals surface area (Å²) in [6.45, 7) is 1.55. The maximum atomic E-state index is 12.3. The first-order valence-corrected chi connectivity index (χ1v) is 8.56. The zero-order valence-corrected chi connectivity index (χ0v) is 13.9. The van der Waals surface area contributed by atoms with E-state index in [1.54, 1.807) is 11.0 Å². The molecule has 0 spiro atoms. The molecule has 1 aliphatic heterocycles. The minimum absolute atomic E-state index is 0.000253. The van der Waals surface area contributed by atoms with Crippen molar-refractivity contribution in [2.45, 2.75) is 19.4 Å². The molecule has 0 N–H and O–H groups in total. The van der Waals surface area contributed by atoms with Gasteiger partial charge in [-0.3, -0.25) is 9.59 Å². The van der Waals surface area contributed by atoms with Gasteiger partial charge in [-0.2, -0.15) is 5.10 Å². The van der Waals surface area contributed by atoms with E-state index in [0.717, 1.165) is 42.3 Å². The van der Waals surface area contributed by atoms with Crippen LogP contribution in [0.1, 0.15) is 12.8 Å². The summed E-state index contributed by atoms with van der Waals surface area (Å²) in [4.78, 5) is 26.2. The van der Waals surface area contributed by atoms with Gasteiger partial charge in [-0.1, -0.05) is 36.4 Å². The number of hydrogen-bond donors (Lipinski definition) is 0. The topological polar surface area (TPSA) is 55.2 Å². The summed E-state index contributed by atoms with van der Waals surface area (Å²) in [7, 11) is 0. The lowest BCUT2D eigenvalue weighted by atomic mass is 10.1. The quantitative estimate of drug-likeness (QED) is 0.740. The summed E-state index contributed by atoms with van der Waals surface area (Å²) in [6.07, 6.45) is 2.07. The molecule has 126 valence electrons. The maximum absolute atomic E-state index is 12.3. The van der Waals surface area contributed by atoms with Gasteiger partial charge in [0.25, 0.3) is 5.56 Å². The molecule has 2 heterocycles. The van der Waals surface area contributed by atoms with Crippen LogP contribution in [0.5, 0.6) is 0 Å². The molecule has 5 heteroatoms. The van der Waals surface area contributed by atoms with Gasteiger partial charge >= 0.3 is 0 Å². The minimum Gasteiger partial charge on any atom is -0.341 e. The largest absolute Gasteiger partial charge is 0.341 e. The fourth-order valence-corrected chi connectivity index (χ4v) is 3.26. The fraction of sp³-hybridized carbons (Fsp3) is 0.250. The van der Waals surface area contributed by atoms with E-state index in [0.29, 0.717) is 5.69 Å². The average Bonchev–Trinajstić information content (AvgIpc) is 3.18. The normalized spacial score (nSPS) is 14.2. The Hall–Kier alpha value is -2.95. The van der Waals surface area contributed by atoms with E-state index < -0.39 is 0 Å². The summed E-state index contributed by atoms with van der Waals surface area (Å²) >= 11 is 0. The van der Waals surface area contributed by atoms with E-state index >= 15 is 0 Å². The third-order valence-corrected chi connectivity index (χ3v) is 4.66. The molecule has 0 aliphatic carbocycles. The van der Waals surface area contributed by atoms with Crippen molar-refractivity contribution in [2.75, 3.05) is 13.1 Å². The standard InChI is InChI=1S/C20H19N3O2/c24-19-10-9-18(17-8-7-15-5-1-2-6-16(15)13-17)21-23(19)14-20(25)22-11-3-4-12-22/h1-2,5-10,13H,3-4,11-12,14H2. The number of hydrogen-bond acceptors (Lipinski definition) is 3. The molecule has 2 aromatic carbocycles. The summed E-state index contributed by atoms with van der Waals surface area (Å²) in [6, 6.07) is 17.4. The molecular weight excluding hydrogens is 314 g/mol. The van der Waals surface area contributed by atoms with Crippen LogP contribution in [0, 0.1) is 0 Å². The number of benzene rings is 2. The monoisotopic (exact) mass is 333 g/mol. The van der Waals surface area contributed by atoms with Crippen molar-refractivity contribution >= 4 is 16.7 Å². The van der Waals surface area contributed by atoms with Crippen LogP contribution in [0.4, 0.5) is 0 Å². The zero-order chi connectivity index (χ0) is 17.2. The Morgan fingerprint density at radius 3 is 2.52 bits per heavy atom. The van der Waals surface area contributed by atoms with Crippen molar-refractivity contribution in [3.63, 3.8) is 0 Å². The molecule has 0 unspecified atom stereocenters. The number of fused-ring (bicyclic) bond motifs is 1. The first-order chi connectivity index (χ1) is 12.2. The predicted molar refractivity (Wildman–Crippen MR) is 97.3 cm³/mol. The molecule has 1 fully saturated rings. The minimum atomic E-state index is -0.253. The van der Waals surface area contributed by atoms with Gasteiger partial charge in [0.2, 0.25) is 5.91 Å². The Morgan fingerprint density at radius 2 is 1.72 bits per heavy atom. The first-order valence-electron chi connectivity index (χ1n) is 8.56. The Balaban J connectivity index is 1.66. The van der Waals surface area contributed by atoms with Crippen LogP contribution in [-0.2, 0) is 11.3 Å². The second kappa shape index (κ2) is 6.51. The smallest absolute Gasteiger partial charge is 0.267 e. The number of nitrogens with zero attached hydrogens (tertiary/aromatic N) is 3. The van der Waals surface area contributed by atoms with Crippen molar-refractivity contribution in [2.24, 2.45) is 0 Å². The van der Waals surface area contributed by atoms with Gasteiger partial charge < -0.3 is 4.90 Å². The third-order valence-electron chi connectivity index (χ3n) is 4.66. The van der Waals surface area contributed by atoms with Crippen molar-refractivity contribution in [3.8, 4) is 11.3 Å². The zero-order valence-electron chi connectivity index (χ0n) is 13.9. The van der Waals surface area contributed by atoms with Crippen molar-refractivity contribution < 1.29 is 4.79 Å². The van der Waals surface area contributed by atoms with Crippen LogP contribution in [-0.4, -0.2) is 33.7 Å². The Morgan fingerprint density at radius 1 is 0.960 bits per heavy atom. The molecule has 0 saturated carbocycles.